The smallest absolute Gasteiger partial charge is 0.236 e. The minimum atomic E-state index is -0.0380. The van der Waals surface area contributed by atoms with Crippen LogP contribution in [0.5, 0.6) is 5.75 Å². The Hall–Kier alpha value is -2.05. The largest absolute Gasteiger partial charge is 0.494 e. The molecular formula is C17H16N2O2S2. The highest BCUT2D eigenvalue weighted by molar-refractivity contribution is 7.99. The molecule has 2 aromatic carbocycles. The molecule has 0 bridgehead atoms. The van der Waals surface area contributed by atoms with E-state index in [1.807, 2.05) is 36.4 Å². The summed E-state index contributed by atoms with van der Waals surface area (Å²) in [5.74, 6) is 1.91. The van der Waals surface area contributed by atoms with E-state index in [0.717, 1.165) is 21.7 Å². The summed E-state index contributed by atoms with van der Waals surface area (Å²) in [5, 5.41) is 3.47. The van der Waals surface area contributed by atoms with E-state index in [-0.39, 0.29) is 5.91 Å². The monoisotopic (exact) mass is 344 g/mol. The average Bonchev–Trinajstić information content (AvgIpc) is 2.98. The number of carbonyl (C=O) groups is 1. The zero-order valence-corrected chi connectivity index (χ0v) is 14.2. The number of thioether (sulfide) groups is 1. The van der Waals surface area contributed by atoms with Gasteiger partial charge in [0.1, 0.15) is 11.3 Å². The number of fused-ring (bicyclic) bond motifs is 1. The second-order valence-electron chi connectivity index (χ2n) is 4.85. The maximum Gasteiger partial charge on any atom is 0.236 e. The molecule has 0 atom stereocenters. The molecule has 118 valence electrons. The summed E-state index contributed by atoms with van der Waals surface area (Å²) in [4.78, 5) is 16.5. The van der Waals surface area contributed by atoms with E-state index in [1.165, 1.54) is 16.9 Å². The summed E-state index contributed by atoms with van der Waals surface area (Å²) in [5.41, 5.74) is 2.00. The Labute approximate surface area is 142 Å². The third kappa shape index (κ3) is 4.03. The van der Waals surface area contributed by atoms with Crippen molar-refractivity contribution in [1.29, 1.82) is 0 Å². The number of carbonyl (C=O) groups excluding carboxylic acids is 1. The molecule has 3 aromatic rings. The van der Waals surface area contributed by atoms with Gasteiger partial charge in [0, 0.05) is 5.75 Å². The number of ether oxygens (including phenoxy) is 1. The number of anilines is 1. The van der Waals surface area contributed by atoms with Gasteiger partial charge in [-0.05, 0) is 17.7 Å². The Morgan fingerprint density at radius 1 is 1.22 bits per heavy atom. The predicted octanol–water partition coefficient (Wildman–Crippen LogP) is 4.18. The maximum atomic E-state index is 12.0. The predicted molar refractivity (Wildman–Crippen MR) is 97.4 cm³/mol. The molecule has 0 radical (unpaired) electrons. The highest BCUT2D eigenvalue weighted by Gasteiger charge is 2.11. The molecule has 1 N–H and O–H groups in total. The Morgan fingerprint density at radius 2 is 2.04 bits per heavy atom. The van der Waals surface area contributed by atoms with E-state index in [2.05, 4.69) is 22.4 Å². The van der Waals surface area contributed by atoms with Crippen LogP contribution in [0, 0.1) is 0 Å². The number of methoxy groups -OCH3 is 1. The molecule has 4 nitrogen and oxygen atoms in total. The van der Waals surface area contributed by atoms with Gasteiger partial charge in [0.25, 0.3) is 0 Å². The van der Waals surface area contributed by atoms with Gasteiger partial charge in [-0.3, -0.25) is 4.79 Å². The van der Waals surface area contributed by atoms with Crippen molar-refractivity contribution in [3.8, 4) is 5.75 Å². The first-order chi connectivity index (χ1) is 11.3. The molecule has 1 aromatic heterocycles. The summed E-state index contributed by atoms with van der Waals surface area (Å²) < 4.78 is 6.28. The van der Waals surface area contributed by atoms with Gasteiger partial charge in [-0.25, -0.2) is 4.98 Å². The minimum absolute atomic E-state index is 0.0380. The van der Waals surface area contributed by atoms with Crippen LogP contribution in [-0.4, -0.2) is 23.8 Å². The second-order valence-corrected chi connectivity index (χ2v) is 6.87. The summed E-state index contributed by atoms with van der Waals surface area (Å²) in [6.45, 7) is 0. The van der Waals surface area contributed by atoms with Crippen molar-refractivity contribution < 1.29 is 9.53 Å². The molecule has 0 unspecified atom stereocenters. The number of para-hydroxylation sites is 1. The van der Waals surface area contributed by atoms with Crippen LogP contribution < -0.4 is 10.1 Å². The molecule has 0 fully saturated rings. The van der Waals surface area contributed by atoms with E-state index < -0.39 is 0 Å². The number of nitrogens with zero attached hydrogens (tertiary/aromatic N) is 1. The van der Waals surface area contributed by atoms with Crippen molar-refractivity contribution in [2.45, 2.75) is 5.75 Å². The lowest BCUT2D eigenvalue weighted by atomic mass is 10.2. The van der Waals surface area contributed by atoms with Crippen molar-refractivity contribution >= 4 is 44.4 Å². The van der Waals surface area contributed by atoms with Gasteiger partial charge in [-0.2, -0.15) is 0 Å². The third-order valence-electron chi connectivity index (χ3n) is 3.19. The van der Waals surface area contributed by atoms with Gasteiger partial charge in [0.05, 0.1) is 17.6 Å². The topological polar surface area (TPSA) is 51.2 Å². The average molecular weight is 344 g/mol. The Balaban J connectivity index is 1.57. The van der Waals surface area contributed by atoms with E-state index in [1.54, 1.807) is 18.9 Å². The first-order valence-electron chi connectivity index (χ1n) is 7.11. The van der Waals surface area contributed by atoms with Crippen LogP contribution in [0.4, 0.5) is 5.13 Å². The summed E-state index contributed by atoms with van der Waals surface area (Å²) >= 11 is 3.04. The van der Waals surface area contributed by atoms with Crippen molar-refractivity contribution in [1.82, 2.24) is 4.98 Å². The van der Waals surface area contributed by atoms with Crippen molar-refractivity contribution in [3.63, 3.8) is 0 Å². The highest BCUT2D eigenvalue weighted by Crippen LogP contribution is 2.32. The molecule has 0 saturated carbocycles. The lowest BCUT2D eigenvalue weighted by molar-refractivity contribution is -0.113. The van der Waals surface area contributed by atoms with Gasteiger partial charge in [-0.15, -0.1) is 11.8 Å². The molecule has 0 aliphatic heterocycles. The number of nitrogens with one attached hydrogen (secondary N) is 1. The highest BCUT2D eigenvalue weighted by atomic mass is 32.2. The summed E-state index contributed by atoms with van der Waals surface area (Å²) in [6, 6.07) is 15.9. The fourth-order valence-electron chi connectivity index (χ4n) is 2.13. The number of hydrogen-bond acceptors (Lipinski definition) is 5. The lowest BCUT2D eigenvalue weighted by Crippen LogP contribution is -2.13. The molecule has 0 aliphatic rings. The van der Waals surface area contributed by atoms with Crippen LogP contribution in [0.2, 0.25) is 0 Å². The van der Waals surface area contributed by atoms with Gasteiger partial charge in [-0.1, -0.05) is 47.7 Å². The summed E-state index contributed by atoms with van der Waals surface area (Å²) in [7, 11) is 1.62. The van der Waals surface area contributed by atoms with Crippen LogP contribution in [0.3, 0.4) is 0 Å². The number of aromatic nitrogens is 1. The summed E-state index contributed by atoms with van der Waals surface area (Å²) in [6.07, 6.45) is 0. The van der Waals surface area contributed by atoms with E-state index in [4.69, 9.17) is 4.74 Å². The van der Waals surface area contributed by atoms with Gasteiger partial charge in [0.2, 0.25) is 5.91 Å². The molecule has 1 heterocycles. The maximum absolute atomic E-state index is 12.0. The van der Waals surface area contributed by atoms with Crippen LogP contribution in [-0.2, 0) is 10.5 Å². The first kappa shape index (κ1) is 15.8. The normalized spacial score (nSPS) is 10.7. The Bertz CT molecular complexity index is 803. The van der Waals surface area contributed by atoms with Gasteiger partial charge >= 0.3 is 0 Å². The zero-order valence-electron chi connectivity index (χ0n) is 12.6. The molecule has 6 heteroatoms. The third-order valence-corrected chi connectivity index (χ3v) is 5.13. The molecular weight excluding hydrogens is 328 g/mol. The second kappa shape index (κ2) is 7.48. The van der Waals surface area contributed by atoms with Crippen molar-refractivity contribution in [2.75, 3.05) is 18.2 Å². The quantitative estimate of drug-likeness (QED) is 0.729. The fraction of sp³-hybridized carbons (Fsp3) is 0.176. The number of rotatable bonds is 6. The number of thiazole rings is 1. The Kier molecular flexibility index (Phi) is 5.15. The van der Waals surface area contributed by atoms with Crippen LogP contribution >= 0.6 is 23.1 Å². The molecule has 23 heavy (non-hydrogen) atoms. The van der Waals surface area contributed by atoms with Crippen LogP contribution in [0.1, 0.15) is 5.56 Å². The fourth-order valence-corrected chi connectivity index (χ4v) is 3.82. The Morgan fingerprint density at radius 3 is 2.83 bits per heavy atom. The number of hydrogen-bond donors (Lipinski definition) is 1. The molecule has 0 spiro atoms. The van der Waals surface area contributed by atoms with Crippen molar-refractivity contribution in [2.24, 2.45) is 0 Å². The van der Waals surface area contributed by atoms with E-state index in [9.17, 15) is 4.79 Å². The van der Waals surface area contributed by atoms with Gasteiger partial charge in [0.15, 0.2) is 5.13 Å². The van der Waals surface area contributed by atoms with E-state index in [0.29, 0.717) is 10.9 Å². The molecule has 3 rings (SSSR count). The van der Waals surface area contributed by atoms with E-state index >= 15 is 0 Å². The zero-order chi connectivity index (χ0) is 16.1. The van der Waals surface area contributed by atoms with Gasteiger partial charge < -0.3 is 10.1 Å². The van der Waals surface area contributed by atoms with Crippen LogP contribution in [0.25, 0.3) is 10.2 Å². The molecule has 0 aliphatic carbocycles. The van der Waals surface area contributed by atoms with Crippen molar-refractivity contribution in [3.05, 3.63) is 54.1 Å². The number of benzene rings is 2. The first-order valence-corrected chi connectivity index (χ1v) is 9.08. The van der Waals surface area contributed by atoms with Crippen LogP contribution in [0.15, 0.2) is 48.5 Å². The number of amides is 1. The standard InChI is InChI=1S/C17H16N2O2S2/c1-21-13-8-5-9-14-16(13)19-17(23-14)18-15(20)11-22-10-12-6-3-2-4-7-12/h2-9H,10-11H2,1H3,(H,18,19,20). The SMILES string of the molecule is COc1cccc2sc(NC(=O)CSCc3ccccc3)nc12. The molecule has 1 amide bonds. The lowest BCUT2D eigenvalue weighted by Gasteiger charge is -2.02. The molecule has 0 saturated heterocycles. The minimum Gasteiger partial charge on any atom is -0.494 e.